The molecule has 3 nitrogen and oxygen atoms in total. The second-order valence-corrected chi connectivity index (χ2v) is 7.69. The third-order valence-electron chi connectivity index (χ3n) is 5.36. The lowest BCUT2D eigenvalue weighted by Crippen LogP contribution is -2.26. The van der Waals surface area contributed by atoms with Crippen molar-refractivity contribution in [2.75, 3.05) is 13.2 Å². The summed E-state index contributed by atoms with van der Waals surface area (Å²) in [7, 11) is 0. The third kappa shape index (κ3) is 3.13. The van der Waals surface area contributed by atoms with E-state index in [1.165, 1.54) is 12.1 Å². The number of halogens is 1. The molecule has 138 valence electrons. The molecule has 4 heteroatoms. The Hall–Kier alpha value is -2.30. The summed E-state index contributed by atoms with van der Waals surface area (Å²) in [6, 6.07) is 14.8. The van der Waals surface area contributed by atoms with Gasteiger partial charge in [0.2, 0.25) is 0 Å². The van der Waals surface area contributed by atoms with Crippen molar-refractivity contribution in [2.45, 2.75) is 32.0 Å². The number of fused-ring (bicyclic) bond motifs is 1. The first-order valence-corrected chi connectivity index (χ1v) is 9.62. The molecular formula is C23H22FNO2. The first-order valence-electron chi connectivity index (χ1n) is 9.62. The van der Waals surface area contributed by atoms with Crippen molar-refractivity contribution in [1.29, 1.82) is 0 Å². The highest BCUT2D eigenvalue weighted by atomic mass is 19.1. The molecule has 3 aromatic rings. The van der Waals surface area contributed by atoms with Crippen molar-refractivity contribution in [2.24, 2.45) is 5.92 Å². The number of aromatic nitrogens is 1. The van der Waals surface area contributed by atoms with Crippen LogP contribution in [0.2, 0.25) is 0 Å². The predicted molar refractivity (Wildman–Crippen MR) is 103 cm³/mol. The van der Waals surface area contributed by atoms with E-state index in [9.17, 15) is 4.39 Å². The molecule has 0 N–H and O–H groups in total. The van der Waals surface area contributed by atoms with E-state index in [0.29, 0.717) is 25.0 Å². The van der Waals surface area contributed by atoms with Crippen LogP contribution >= 0.6 is 0 Å². The minimum absolute atomic E-state index is 0.236. The third-order valence-corrected chi connectivity index (χ3v) is 5.36. The molecule has 0 atom stereocenters. The van der Waals surface area contributed by atoms with Crippen LogP contribution in [0, 0.1) is 11.7 Å². The fourth-order valence-corrected chi connectivity index (χ4v) is 3.85. The normalized spacial score (nSPS) is 22.9. The highest BCUT2D eigenvalue weighted by molar-refractivity contribution is 5.97. The number of nitrogens with zero attached hydrogens (tertiary/aromatic N) is 1. The van der Waals surface area contributed by atoms with Crippen LogP contribution in [0.4, 0.5) is 4.39 Å². The van der Waals surface area contributed by atoms with E-state index < -0.39 is 6.29 Å². The van der Waals surface area contributed by atoms with E-state index in [4.69, 9.17) is 14.5 Å². The molecule has 0 spiro atoms. The first-order chi connectivity index (χ1) is 13.2. The molecule has 0 amide bonds. The van der Waals surface area contributed by atoms with Gasteiger partial charge >= 0.3 is 0 Å². The lowest BCUT2D eigenvalue weighted by atomic mass is 9.92. The van der Waals surface area contributed by atoms with Crippen molar-refractivity contribution < 1.29 is 13.9 Å². The molecule has 5 rings (SSSR count). The second kappa shape index (κ2) is 6.70. The van der Waals surface area contributed by atoms with Crippen LogP contribution in [0.1, 0.15) is 43.2 Å². The molecule has 1 aliphatic heterocycles. The number of hydrogen-bond donors (Lipinski definition) is 0. The van der Waals surface area contributed by atoms with Crippen LogP contribution in [-0.4, -0.2) is 18.2 Å². The number of hydrogen-bond acceptors (Lipinski definition) is 3. The zero-order valence-electron chi connectivity index (χ0n) is 15.3. The van der Waals surface area contributed by atoms with Gasteiger partial charge in [-0.2, -0.15) is 0 Å². The summed E-state index contributed by atoms with van der Waals surface area (Å²) in [4.78, 5) is 5.00. The summed E-state index contributed by atoms with van der Waals surface area (Å²) < 4.78 is 25.8. The Morgan fingerprint density at radius 2 is 1.67 bits per heavy atom. The van der Waals surface area contributed by atoms with E-state index in [2.05, 4.69) is 13.0 Å². The Balaban J connectivity index is 1.78. The molecule has 0 bridgehead atoms. The average molecular weight is 363 g/mol. The maximum absolute atomic E-state index is 13.6. The Bertz CT molecular complexity index is 974. The molecule has 0 unspecified atom stereocenters. The van der Waals surface area contributed by atoms with Gasteiger partial charge in [0.15, 0.2) is 6.29 Å². The molecule has 2 aromatic carbocycles. The fourth-order valence-electron chi connectivity index (χ4n) is 3.85. The van der Waals surface area contributed by atoms with Crippen LogP contribution in [-0.2, 0) is 9.47 Å². The van der Waals surface area contributed by atoms with Crippen molar-refractivity contribution in [3.63, 3.8) is 0 Å². The molecule has 2 heterocycles. The smallest absolute Gasteiger partial charge is 0.186 e. The maximum Gasteiger partial charge on any atom is 0.186 e. The lowest BCUT2D eigenvalue weighted by Gasteiger charge is -2.31. The fraction of sp³-hybridized carbons (Fsp3) is 0.348. The molecule has 0 radical (unpaired) electrons. The largest absolute Gasteiger partial charge is 0.348 e. The number of rotatable bonds is 3. The van der Waals surface area contributed by atoms with Crippen LogP contribution in [0.5, 0.6) is 0 Å². The van der Waals surface area contributed by atoms with Crippen molar-refractivity contribution >= 4 is 10.9 Å². The van der Waals surface area contributed by atoms with Gasteiger partial charge in [-0.3, -0.25) is 4.98 Å². The summed E-state index contributed by atoms with van der Waals surface area (Å²) in [5.41, 5.74) is 5.09. The van der Waals surface area contributed by atoms with Gasteiger partial charge in [0.05, 0.1) is 24.4 Å². The monoisotopic (exact) mass is 363 g/mol. The van der Waals surface area contributed by atoms with E-state index >= 15 is 0 Å². The van der Waals surface area contributed by atoms with Crippen molar-refractivity contribution in [1.82, 2.24) is 4.98 Å². The highest BCUT2D eigenvalue weighted by Gasteiger charge is 2.35. The van der Waals surface area contributed by atoms with Gasteiger partial charge in [0.1, 0.15) is 5.82 Å². The molecule has 27 heavy (non-hydrogen) atoms. The Kier molecular flexibility index (Phi) is 4.18. The Morgan fingerprint density at radius 3 is 2.37 bits per heavy atom. The summed E-state index contributed by atoms with van der Waals surface area (Å²) in [6.07, 6.45) is 1.86. The Morgan fingerprint density at radius 1 is 0.963 bits per heavy atom. The average Bonchev–Trinajstić information content (AvgIpc) is 3.53. The van der Waals surface area contributed by atoms with Crippen LogP contribution < -0.4 is 0 Å². The van der Waals surface area contributed by atoms with Crippen LogP contribution in [0.3, 0.4) is 0 Å². The van der Waals surface area contributed by atoms with Crippen molar-refractivity contribution in [3.05, 3.63) is 65.6 Å². The molecule has 1 aromatic heterocycles. The predicted octanol–water partition coefficient (Wildman–Crippen LogP) is 5.60. The number of benzene rings is 2. The van der Waals surface area contributed by atoms with E-state index in [0.717, 1.165) is 46.1 Å². The zero-order valence-corrected chi connectivity index (χ0v) is 15.3. The topological polar surface area (TPSA) is 31.4 Å². The molecule has 2 fully saturated rings. The second-order valence-electron chi connectivity index (χ2n) is 7.69. The van der Waals surface area contributed by atoms with Crippen LogP contribution in [0.15, 0.2) is 48.5 Å². The SMILES string of the molecule is CC1COC(c2c(C3CC3)nc3ccccc3c2-c2ccc(F)cc2)OC1. The summed E-state index contributed by atoms with van der Waals surface area (Å²) in [5, 5.41) is 1.05. The van der Waals surface area contributed by atoms with E-state index in [1.807, 2.05) is 30.3 Å². The summed E-state index contributed by atoms with van der Waals surface area (Å²) in [5.74, 6) is 0.601. The Labute approximate surface area is 158 Å². The molecular weight excluding hydrogens is 341 g/mol. The van der Waals surface area contributed by atoms with Gasteiger partial charge in [-0.1, -0.05) is 37.3 Å². The summed E-state index contributed by atoms with van der Waals surface area (Å²) in [6.45, 7) is 3.46. The summed E-state index contributed by atoms with van der Waals surface area (Å²) >= 11 is 0. The van der Waals surface area contributed by atoms with Gasteiger partial charge in [-0.25, -0.2) is 4.39 Å². The molecule has 1 aliphatic carbocycles. The standard InChI is InChI=1S/C23H22FNO2/c1-14-12-26-23(27-13-14)21-20(15-8-10-17(24)11-9-15)18-4-2-3-5-19(18)25-22(21)16-6-7-16/h2-5,8-11,14,16,23H,6-7,12-13H2,1H3. The minimum atomic E-state index is -0.422. The quantitative estimate of drug-likeness (QED) is 0.607. The van der Waals surface area contributed by atoms with Gasteiger partial charge < -0.3 is 9.47 Å². The van der Waals surface area contributed by atoms with E-state index in [1.54, 1.807) is 0 Å². The number of pyridine rings is 1. The molecule has 1 saturated heterocycles. The first kappa shape index (κ1) is 16.8. The van der Waals surface area contributed by atoms with Crippen LogP contribution in [0.25, 0.3) is 22.0 Å². The maximum atomic E-state index is 13.6. The van der Waals surface area contributed by atoms with E-state index in [-0.39, 0.29) is 5.82 Å². The molecule has 2 aliphatic rings. The van der Waals surface area contributed by atoms with Gasteiger partial charge in [-0.15, -0.1) is 0 Å². The van der Waals surface area contributed by atoms with Gasteiger partial charge in [0.25, 0.3) is 0 Å². The highest BCUT2D eigenvalue weighted by Crippen LogP contribution is 2.48. The number of para-hydroxylation sites is 1. The van der Waals surface area contributed by atoms with Gasteiger partial charge in [0, 0.05) is 28.3 Å². The zero-order chi connectivity index (χ0) is 18.4. The minimum Gasteiger partial charge on any atom is -0.348 e. The van der Waals surface area contributed by atoms with Gasteiger partial charge in [-0.05, 0) is 36.6 Å². The lowest BCUT2D eigenvalue weighted by molar-refractivity contribution is -0.202. The van der Waals surface area contributed by atoms with Crippen molar-refractivity contribution in [3.8, 4) is 11.1 Å². The molecule has 1 saturated carbocycles. The number of ether oxygens (including phenoxy) is 2.